The van der Waals surface area contributed by atoms with Gasteiger partial charge in [0.15, 0.2) is 5.13 Å². The van der Waals surface area contributed by atoms with Gasteiger partial charge >= 0.3 is 11.9 Å². The first-order chi connectivity index (χ1) is 17.7. The third-order valence-electron chi connectivity index (χ3n) is 6.31. The van der Waals surface area contributed by atoms with Gasteiger partial charge in [-0.15, -0.1) is 0 Å². The van der Waals surface area contributed by atoms with E-state index in [9.17, 15) is 19.5 Å². The van der Waals surface area contributed by atoms with Crippen LogP contribution in [0.4, 0.5) is 5.13 Å². The number of nitrogens with zero attached hydrogens (tertiary/aromatic N) is 2. The van der Waals surface area contributed by atoms with Crippen molar-refractivity contribution < 1.29 is 24.2 Å². The van der Waals surface area contributed by atoms with Crippen molar-refractivity contribution in [3.63, 3.8) is 0 Å². The quantitative estimate of drug-likeness (QED) is 0.144. The maximum Gasteiger partial charge on any atom is 0.350 e. The number of amides is 1. The van der Waals surface area contributed by atoms with E-state index in [0.29, 0.717) is 16.8 Å². The summed E-state index contributed by atoms with van der Waals surface area (Å²) in [6.45, 7) is 11.0. The molecule has 8 heteroatoms. The van der Waals surface area contributed by atoms with E-state index in [1.807, 2.05) is 57.2 Å². The summed E-state index contributed by atoms with van der Waals surface area (Å²) >= 11 is 0.971. The molecule has 2 heterocycles. The summed E-state index contributed by atoms with van der Waals surface area (Å²) in [5.74, 6) is -2.47. The van der Waals surface area contributed by atoms with E-state index in [0.717, 1.165) is 34.4 Å². The average Bonchev–Trinajstić information content (AvgIpc) is 3.40. The minimum absolute atomic E-state index is 0.0217. The summed E-state index contributed by atoms with van der Waals surface area (Å²) in [6.07, 6.45) is 2.28. The Labute approximate surface area is 219 Å². The maximum absolute atomic E-state index is 13.4. The van der Waals surface area contributed by atoms with Crippen molar-refractivity contribution in [3.05, 3.63) is 99.1 Å². The molecule has 37 heavy (non-hydrogen) atoms. The van der Waals surface area contributed by atoms with Crippen molar-refractivity contribution in [2.24, 2.45) is 0 Å². The molecule has 4 rings (SSSR count). The highest BCUT2D eigenvalue weighted by atomic mass is 32.1. The number of rotatable bonds is 7. The van der Waals surface area contributed by atoms with Crippen molar-refractivity contribution >= 4 is 39.9 Å². The van der Waals surface area contributed by atoms with Crippen LogP contribution in [0.25, 0.3) is 5.76 Å². The Morgan fingerprint density at radius 3 is 2.51 bits per heavy atom. The Morgan fingerprint density at radius 1 is 1.16 bits per heavy atom. The van der Waals surface area contributed by atoms with Gasteiger partial charge in [0.2, 0.25) is 0 Å². The fourth-order valence-electron chi connectivity index (χ4n) is 4.29. The number of aliphatic hydroxyl groups is 1. The number of carbonyl (C=O) groups is 3. The third-order valence-corrected chi connectivity index (χ3v) is 7.44. The minimum Gasteiger partial charge on any atom is -0.507 e. The van der Waals surface area contributed by atoms with Crippen molar-refractivity contribution in [3.8, 4) is 0 Å². The Hall–Kier alpha value is -4.04. The van der Waals surface area contributed by atoms with Crippen LogP contribution in [0, 0.1) is 20.8 Å². The molecular formula is C29H28N2O5S. The second-order valence-electron chi connectivity index (χ2n) is 8.88. The Balaban J connectivity index is 1.91. The number of hydrogen-bond acceptors (Lipinski definition) is 7. The molecule has 1 atom stereocenters. The van der Waals surface area contributed by atoms with E-state index >= 15 is 0 Å². The van der Waals surface area contributed by atoms with Crippen LogP contribution >= 0.6 is 11.3 Å². The van der Waals surface area contributed by atoms with Crippen molar-refractivity contribution in [2.75, 3.05) is 11.5 Å². The predicted molar refractivity (Wildman–Crippen MR) is 144 cm³/mol. The van der Waals surface area contributed by atoms with Crippen molar-refractivity contribution in [1.29, 1.82) is 0 Å². The number of Topliss-reactive ketones (excluding diaryl/α,β-unsaturated/α-hetero) is 1. The summed E-state index contributed by atoms with van der Waals surface area (Å²) < 4.78 is 5.15. The Bertz CT molecular complexity index is 1430. The number of aromatic nitrogens is 1. The summed E-state index contributed by atoms with van der Waals surface area (Å²) in [6, 6.07) is 12.2. The highest BCUT2D eigenvalue weighted by Crippen LogP contribution is 2.44. The SMILES string of the molecule is C=CCOC(=O)c1sc(N2C(=O)C(=O)C(=C(O)c3cc(C)ccc3C)C2c2ccc(CC)cc2)nc1C. The van der Waals surface area contributed by atoms with Gasteiger partial charge in [-0.2, -0.15) is 0 Å². The van der Waals surface area contributed by atoms with Gasteiger partial charge in [-0.05, 0) is 49.9 Å². The molecule has 1 fully saturated rings. The van der Waals surface area contributed by atoms with Gasteiger partial charge in [-0.3, -0.25) is 14.5 Å². The second kappa shape index (κ2) is 10.5. The molecule has 2 aromatic carbocycles. The molecular weight excluding hydrogens is 488 g/mol. The lowest BCUT2D eigenvalue weighted by molar-refractivity contribution is -0.132. The molecule has 1 unspecified atom stereocenters. The number of carbonyl (C=O) groups excluding carboxylic acids is 3. The van der Waals surface area contributed by atoms with Crippen LogP contribution in [-0.4, -0.2) is 34.4 Å². The van der Waals surface area contributed by atoms with E-state index < -0.39 is 23.7 Å². The topological polar surface area (TPSA) is 96.8 Å². The zero-order valence-electron chi connectivity index (χ0n) is 21.2. The smallest absolute Gasteiger partial charge is 0.350 e. The number of ether oxygens (including phenoxy) is 1. The van der Waals surface area contributed by atoms with Gasteiger partial charge in [-0.25, -0.2) is 9.78 Å². The van der Waals surface area contributed by atoms with Crippen LogP contribution in [-0.2, 0) is 20.7 Å². The lowest BCUT2D eigenvalue weighted by Gasteiger charge is -2.23. The van der Waals surface area contributed by atoms with Crippen molar-refractivity contribution in [1.82, 2.24) is 4.98 Å². The number of esters is 1. The molecule has 1 aliphatic rings. The fourth-order valence-corrected chi connectivity index (χ4v) is 5.28. The van der Waals surface area contributed by atoms with E-state index in [2.05, 4.69) is 11.6 Å². The van der Waals surface area contributed by atoms with E-state index in [-0.39, 0.29) is 27.9 Å². The standard InChI is InChI=1S/C29H28N2O5S/c1-6-14-36-28(35)26-18(5)30-29(37-26)31-23(20-12-10-19(7-2)11-13-20)22(25(33)27(31)34)24(32)21-15-16(3)8-9-17(21)4/h6,8-13,15,23,32H,1,7,14H2,2-5H3. The fraction of sp³-hybridized carbons (Fsp3) is 0.241. The zero-order valence-corrected chi connectivity index (χ0v) is 22.0. The highest BCUT2D eigenvalue weighted by molar-refractivity contribution is 7.17. The molecule has 1 aromatic heterocycles. The zero-order chi connectivity index (χ0) is 26.9. The second-order valence-corrected chi connectivity index (χ2v) is 9.86. The summed E-state index contributed by atoms with van der Waals surface area (Å²) in [7, 11) is 0. The van der Waals surface area contributed by atoms with Crippen molar-refractivity contribution in [2.45, 2.75) is 40.2 Å². The minimum atomic E-state index is -0.923. The summed E-state index contributed by atoms with van der Waals surface area (Å²) in [4.78, 5) is 45.4. The van der Waals surface area contributed by atoms with Crippen LogP contribution in [0.5, 0.6) is 0 Å². The number of hydrogen-bond donors (Lipinski definition) is 1. The predicted octanol–water partition coefficient (Wildman–Crippen LogP) is 5.60. The lowest BCUT2D eigenvalue weighted by Crippen LogP contribution is -2.29. The normalized spacial score (nSPS) is 16.8. The van der Waals surface area contributed by atoms with E-state index in [4.69, 9.17) is 4.74 Å². The molecule has 3 aromatic rings. The van der Waals surface area contributed by atoms with Gasteiger partial charge in [0.1, 0.15) is 17.2 Å². The largest absolute Gasteiger partial charge is 0.507 e. The van der Waals surface area contributed by atoms with Gasteiger partial charge in [0.25, 0.3) is 5.78 Å². The monoisotopic (exact) mass is 516 g/mol. The first-order valence-electron chi connectivity index (χ1n) is 11.9. The number of aryl methyl sites for hydroxylation is 4. The molecule has 190 valence electrons. The summed E-state index contributed by atoms with van der Waals surface area (Å²) in [5, 5.41) is 11.6. The van der Waals surface area contributed by atoms with Gasteiger partial charge in [-0.1, -0.05) is 72.9 Å². The molecule has 0 bridgehead atoms. The molecule has 0 aliphatic carbocycles. The first-order valence-corrected chi connectivity index (χ1v) is 12.7. The van der Waals surface area contributed by atoms with Crippen LogP contribution in [0.2, 0.25) is 0 Å². The number of ketones is 1. The molecule has 0 spiro atoms. The number of anilines is 1. The Morgan fingerprint density at radius 2 is 1.86 bits per heavy atom. The maximum atomic E-state index is 13.4. The first kappa shape index (κ1) is 26.0. The molecule has 7 nitrogen and oxygen atoms in total. The molecule has 1 saturated heterocycles. The van der Waals surface area contributed by atoms with Gasteiger partial charge < -0.3 is 9.84 Å². The van der Waals surface area contributed by atoms with E-state index in [1.54, 1.807) is 13.0 Å². The summed E-state index contributed by atoms with van der Waals surface area (Å²) in [5.41, 5.74) is 4.25. The molecule has 1 aliphatic heterocycles. The van der Waals surface area contributed by atoms with Crippen LogP contribution in [0.1, 0.15) is 56.1 Å². The third kappa shape index (κ3) is 4.84. The molecule has 1 amide bonds. The lowest BCUT2D eigenvalue weighted by atomic mass is 9.93. The van der Waals surface area contributed by atoms with E-state index in [1.165, 1.54) is 11.0 Å². The van der Waals surface area contributed by atoms with Crippen LogP contribution < -0.4 is 4.90 Å². The van der Waals surface area contributed by atoms with Crippen LogP contribution in [0.3, 0.4) is 0 Å². The molecule has 1 N–H and O–H groups in total. The average molecular weight is 517 g/mol. The highest BCUT2D eigenvalue weighted by Gasteiger charge is 2.48. The molecule has 0 radical (unpaired) electrons. The molecule has 0 saturated carbocycles. The van der Waals surface area contributed by atoms with Crippen LogP contribution in [0.15, 0.2) is 60.7 Å². The van der Waals surface area contributed by atoms with Gasteiger partial charge in [0, 0.05) is 5.56 Å². The number of aliphatic hydroxyl groups excluding tert-OH is 1. The number of thiazole rings is 1. The number of benzene rings is 2. The van der Waals surface area contributed by atoms with Gasteiger partial charge in [0.05, 0.1) is 17.3 Å². The Kier molecular flexibility index (Phi) is 7.40.